The number of nitrogens with two attached hydrogens (primary N) is 1. The van der Waals surface area contributed by atoms with E-state index in [9.17, 15) is 4.79 Å². The summed E-state index contributed by atoms with van der Waals surface area (Å²) >= 11 is 0. The first-order chi connectivity index (χ1) is 8.17. The molecule has 17 heavy (non-hydrogen) atoms. The zero-order valence-electron chi connectivity index (χ0n) is 10.2. The molecule has 0 aliphatic heterocycles. The zero-order chi connectivity index (χ0) is 12.7. The van der Waals surface area contributed by atoms with Gasteiger partial charge in [0.1, 0.15) is 5.82 Å². The van der Waals surface area contributed by atoms with E-state index in [1.54, 1.807) is 13.2 Å². The third-order valence-electron chi connectivity index (χ3n) is 2.47. The van der Waals surface area contributed by atoms with Gasteiger partial charge in [0, 0.05) is 38.3 Å². The fourth-order valence-corrected chi connectivity index (χ4v) is 1.48. The van der Waals surface area contributed by atoms with Crippen LogP contribution in [0.15, 0.2) is 18.3 Å². The molecule has 6 heteroatoms. The average Bonchev–Trinajstić information content (AvgIpc) is 2.36. The Labute approximate surface area is 101 Å². The summed E-state index contributed by atoms with van der Waals surface area (Å²) in [5.74, 6) is 6.08. The van der Waals surface area contributed by atoms with E-state index in [0.717, 1.165) is 5.56 Å². The van der Waals surface area contributed by atoms with E-state index < -0.39 is 0 Å². The first-order valence-electron chi connectivity index (χ1n) is 5.47. The predicted molar refractivity (Wildman–Crippen MR) is 67.1 cm³/mol. The third-order valence-corrected chi connectivity index (χ3v) is 2.47. The monoisotopic (exact) mass is 237 g/mol. The van der Waals surface area contributed by atoms with E-state index in [1.807, 2.05) is 24.1 Å². The summed E-state index contributed by atoms with van der Waals surface area (Å²) < 4.78 is 0. The van der Waals surface area contributed by atoms with Crippen LogP contribution >= 0.6 is 0 Å². The zero-order valence-corrected chi connectivity index (χ0v) is 10.2. The summed E-state index contributed by atoms with van der Waals surface area (Å²) in [5, 5.41) is 2.60. The van der Waals surface area contributed by atoms with Crippen molar-refractivity contribution in [3.63, 3.8) is 0 Å². The Hall–Kier alpha value is -1.66. The molecule has 1 aromatic heterocycles. The number of pyridine rings is 1. The van der Waals surface area contributed by atoms with Crippen LogP contribution in [-0.2, 0) is 11.3 Å². The Morgan fingerprint density at radius 3 is 3.00 bits per heavy atom. The van der Waals surface area contributed by atoms with Gasteiger partial charge in [-0.3, -0.25) is 4.79 Å². The molecule has 0 saturated heterocycles. The number of aromatic nitrogens is 1. The summed E-state index contributed by atoms with van der Waals surface area (Å²) in [4.78, 5) is 17.3. The number of nitrogens with one attached hydrogen (secondary N) is 2. The third kappa shape index (κ3) is 4.38. The topological polar surface area (TPSA) is 83.3 Å². The lowest BCUT2D eigenvalue weighted by Crippen LogP contribution is -2.26. The normalized spacial score (nSPS) is 10.4. The molecule has 0 spiro atoms. The van der Waals surface area contributed by atoms with Crippen molar-refractivity contribution in [3.8, 4) is 0 Å². The maximum atomic E-state index is 11.1. The van der Waals surface area contributed by atoms with Crippen molar-refractivity contribution in [3.05, 3.63) is 23.9 Å². The Bertz CT molecular complexity index is 369. The van der Waals surface area contributed by atoms with E-state index in [0.29, 0.717) is 25.3 Å². The van der Waals surface area contributed by atoms with E-state index in [2.05, 4.69) is 15.7 Å². The molecule has 1 aromatic rings. The highest BCUT2D eigenvalue weighted by Crippen LogP contribution is 2.11. The van der Waals surface area contributed by atoms with Crippen molar-refractivity contribution in [2.24, 2.45) is 5.84 Å². The minimum absolute atomic E-state index is 0.0419. The second-order valence-electron chi connectivity index (χ2n) is 3.82. The van der Waals surface area contributed by atoms with Gasteiger partial charge in [-0.15, -0.1) is 0 Å². The van der Waals surface area contributed by atoms with Gasteiger partial charge >= 0.3 is 0 Å². The Morgan fingerprint density at radius 2 is 2.35 bits per heavy atom. The first-order valence-corrected chi connectivity index (χ1v) is 5.47. The van der Waals surface area contributed by atoms with Crippen molar-refractivity contribution >= 4 is 11.7 Å². The quantitative estimate of drug-likeness (QED) is 0.477. The summed E-state index contributed by atoms with van der Waals surface area (Å²) in [6.07, 6.45) is 2.17. The van der Waals surface area contributed by atoms with E-state index in [4.69, 9.17) is 5.84 Å². The van der Waals surface area contributed by atoms with Crippen LogP contribution in [0.1, 0.15) is 12.0 Å². The largest absolute Gasteiger partial charge is 0.359 e. The van der Waals surface area contributed by atoms with Gasteiger partial charge in [-0.1, -0.05) is 6.07 Å². The molecular formula is C11H19N5O. The molecule has 0 aromatic carbocycles. The van der Waals surface area contributed by atoms with Gasteiger partial charge in [0.25, 0.3) is 0 Å². The number of hydrogen-bond acceptors (Lipinski definition) is 5. The Kier molecular flexibility index (Phi) is 5.38. The smallest absolute Gasteiger partial charge is 0.221 e. The van der Waals surface area contributed by atoms with Crippen LogP contribution in [0.3, 0.4) is 0 Å². The van der Waals surface area contributed by atoms with E-state index in [1.165, 1.54) is 0 Å². The van der Waals surface area contributed by atoms with Gasteiger partial charge in [0.2, 0.25) is 5.91 Å². The van der Waals surface area contributed by atoms with Gasteiger partial charge in [-0.05, 0) is 13.1 Å². The minimum Gasteiger partial charge on any atom is -0.359 e. The Morgan fingerprint density at radius 1 is 1.59 bits per heavy atom. The van der Waals surface area contributed by atoms with Crippen molar-refractivity contribution in [1.29, 1.82) is 0 Å². The molecule has 1 rings (SSSR count). The van der Waals surface area contributed by atoms with Gasteiger partial charge in [-0.2, -0.15) is 0 Å². The van der Waals surface area contributed by atoms with Gasteiger partial charge in [0.05, 0.1) is 0 Å². The molecule has 1 heterocycles. The second kappa shape index (κ2) is 6.82. The lowest BCUT2D eigenvalue weighted by atomic mass is 10.2. The van der Waals surface area contributed by atoms with E-state index in [-0.39, 0.29) is 5.91 Å². The number of anilines is 1. The number of hydrazine groups is 1. The van der Waals surface area contributed by atoms with Crippen LogP contribution < -0.4 is 16.6 Å². The average molecular weight is 237 g/mol. The number of amides is 1. The lowest BCUT2D eigenvalue weighted by Gasteiger charge is -2.17. The fraction of sp³-hybridized carbons (Fsp3) is 0.455. The molecule has 6 nitrogen and oxygen atoms in total. The number of carbonyl (C=O) groups excluding carboxylic acids is 1. The predicted octanol–water partition coefficient (Wildman–Crippen LogP) is -0.0649. The van der Waals surface area contributed by atoms with Gasteiger partial charge < -0.3 is 15.6 Å². The standard InChI is InChI=1S/C11H19N5O/c1-13-10(17)5-7-16(2)8-9-4-3-6-14-11(9)15-12/h3-4,6H,5,7-8,12H2,1-2H3,(H,13,17)(H,14,15). The molecule has 0 unspecified atom stereocenters. The van der Waals surface area contributed by atoms with Crippen molar-refractivity contribution in [1.82, 2.24) is 15.2 Å². The highest BCUT2D eigenvalue weighted by atomic mass is 16.1. The lowest BCUT2D eigenvalue weighted by molar-refractivity contribution is -0.120. The maximum Gasteiger partial charge on any atom is 0.221 e. The molecule has 94 valence electrons. The minimum atomic E-state index is 0.0419. The van der Waals surface area contributed by atoms with Crippen LogP contribution in [0.5, 0.6) is 0 Å². The molecule has 0 fully saturated rings. The van der Waals surface area contributed by atoms with E-state index >= 15 is 0 Å². The Balaban J connectivity index is 2.50. The second-order valence-corrected chi connectivity index (χ2v) is 3.82. The molecule has 0 aliphatic carbocycles. The van der Waals surface area contributed by atoms with Gasteiger partial charge in [0.15, 0.2) is 0 Å². The number of nitrogens with zero attached hydrogens (tertiary/aromatic N) is 2. The van der Waals surface area contributed by atoms with Crippen molar-refractivity contribution in [2.75, 3.05) is 26.1 Å². The van der Waals surface area contributed by atoms with Crippen molar-refractivity contribution in [2.45, 2.75) is 13.0 Å². The summed E-state index contributed by atoms with van der Waals surface area (Å²) in [7, 11) is 3.59. The molecule has 0 radical (unpaired) electrons. The number of hydrogen-bond donors (Lipinski definition) is 3. The molecule has 0 atom stereocenters. The highest BCUT2D eigenvalue weighted by molar-refractivity contribution is 5.75. The number of rotatable bonds is 6. The number of carbonyl (C=O) groups is 1. The van der Waals surface area contributed by atoms with Gasteiger partial charge in [-0.25, -0.2) is 10.8 Å². The van der Waals surface area contributed by atoms with Crippen LogP contribution in [0.4, 0.5) is 5.82 Å². The van der Waals surface area contributed by atoms with Crippen LogP contribution in [0, 0.1) is 0 Å². The number of nitrogen functional groups attached to an aromatic ring is 1. The summed E-state index contributed by atoms with van der Waals surface area (Å²) in [5.41, 5.74) is 3.57. The molecule has 0 bridgehead atoms. The molecule has 4 N–H and O–H groups in total. The summed E-state index contributed by atoms with van der Waals surface area (Å²) in [6, 6.07) is 3.82. The highest BCUT2D eigenvalue weighted by Gasteiger charge is 2.07. The first kappa shape index (κ1) is 13.4. The SMILES string of the molecule is CNC(=O)CCN(C)Cc1cccnc1NN. The molecule has 1 amide bonds. The van der Waals surface area contributed by atoms with Crippen LogP contribution in [0.2, 0.25) is 0 Å². The molecule has 0 aliphatic rings. The van der Waals surface area contributed by atoms with Crippen LogP contribution in [0.25, 0.3) is 0 Å². The maximum absolute atomic E-state index is 11.1. The van der Waals surface area contributed by atoms with Crippen LogP contribution in [-0.4, -0.2) is 36.4 Å². The summed E-state index contributed by atoms with van der Waals surface area (Å²) in [6.45, 7) is 1.39. The van der Waals surface area contributed by atoms with Crippen molar-refractivity contribution < 1.29 is 4.79 Å². The fourth-order valence-electron chi connectivity index (χ4n) is 1.48. The molecular weight excluding hydrogens is 218 g/mol. The molecule has 0 saturated carbocycles.